The van der Waals surface area contributed by atoms with Gasteiger partial charge in [0.25, 0.3) is 0 Å². The van der Waals surface area contributed by atoms with Gasteiger partial charge < -0.3 is 25.7 Å². The number of likely N-dealkylation sites (tertiary alicyclic amines) is 1. The van der Waals surface area contributed by atoms with E-state index in [9.17, 15) is 19.8 Å². The molecule has 1 aromatic rings. The highest BCUT2D eigenvalue weighted by Crippen LogP contribution is 2.61. The zero-order chi connectivity index (χ0) is 34.2. The third kappa shape index (κ3) is 7.20. The molecule has 1 unspecified atom stereocenters. The Labute approximate surface area is 287 Å². The number of aliphatic hydroxyl groups is 2. The Kier molecular flexibility index (Phi) is 10.6. The van der Waals surface area contributed by atoms with Gasteiger partial charge in [-0.2, -0.15) is 5.06 Å². The smallest absolute Gasteiger partial charge is 0.240 e. The molecule has 9 heteroatoms. The van der Waals surface area contributed by atoms with Gasteiger partial charge in [-0.1, -0.05) is 64.0 Å². The van der Waals surface area contributed by atoms with E-state index in [-0.39, 0.29) is 30.4 Å². The summed E-state index contributed by atoms with van der Waals surface area (Å²) < 4.78 is 0. The Morgan fingerprint density at radius 1 is 1.10 bits per heavy atom. The van der Waals surface area contributed by atoms with Crippen LogP contribution >= 0.6 is 0 Å². The van der Waals surface area contributed by atoms with Crippen molar-refractivity contribution in [2.24, 2.45) is 35.0 Å². The summed E-state index contributed by atoms with van der Waals surface area (Å²) in [6.07, 6.45) is 7.42. The Morgan fingerprint density at radius 2 is 1.83 bits per heavy atom. The van der Waals surface area contributed by atoms with E-state index in [1.54, 1.807) is 12.0 Å². The molecule has 2 saturated heterocycles. The third-order valence-electron chi connectivity index (χ3n) is 12.9. The number of carbonyl (C=O) groups is 2. The predicted molar refractivity (Wildman–Crippen MR) is 185 cm³/mol. The molecule has 0 radical (unpaired) electrons. The molecule has 1 aromatic carbocycles. The number of fused-ring (bicyclic) bond motifs is 2. The fraction of sp³-hybridized carbons (Fsp3) is 0.744. The van der Waals surface area contributed by atoms with Gasteiger partial charge in [0, 0.05) is 23.4 Å². The van der Waals surface area contributed by atoms with Crippen molar-refractivity contribution in [2.75, 3.05) is 26.7 Å². The summed E-state index contributed by atoms with van der Waals surface area (Å²) in [6.45, 7) is 10.5. The zero-order valence-corrected chi connectivity index (χ0v) is 29.7. The maximum absolute atomic E-state index is 14.0. The van der Waals surface area contributed by atoms with Crippen LogP contribution in [-0.2, 0) is 21.0 Å². The van der Waals surface area contributed by atoms with Crippen LogP contribution in [0.3, 0.4) is 0 Å². The quantitative estimate of drug-likeness (QED) is 0.313. The molecule has 4 saturated carbocycles. The summed E-state index contributed by atoms with van der Waals surface area (Å²) in [4.78, 5) is 35.9. The number of hydrogen-bond donors (Lipinski definition) is 4. The summed E-state index contributed by atoms with van der Waals surface area (Å²) in [5.74, 6) is 7.95. The minimum absolute atomic E-state index is 0.0443. The van der Waals surface area contributed by atoms with Crippen molar-refractivity contribution < 1.29 is 24.6 Å². The van der Waals surface area contributed by atoms with Crippen LogP contribution in [0.2, 0.25) is 0 Å². The van der Waals surface area contributed by atoms with Gasteiger partial charge >= 0.3 is 0 Å². The number of piperidine rings is 1. The molecule has 0 aromatic heterocycles. The Morgan fingerprint density at radius 3 is 2.48 bits per heavy atom. The first-order valence-electron chi connectivity index (χ1n) is 18.6. The monoisotopic (exact) mass is 662 g/mol. The molecule has 2 amide bonds. The first-order valence-corrected chi connectivity index (χ1v) is 18.6. The summed E-state index contributed by atoms with van der Waals surface area (Å²) >= 11 is 0. The second kappa shape index (κ2) is 14.4. The van der Waals surface area contributed by atoms with Crippen molar-refractivity contribution in [3.8, 4) is 11.8 Å². The maximum atomic E-state index is 14.0. The van der Waals surface area contributed by atoms with Crippen molar-refractivity contribution in [1.82, 2.24) is 20.6 Å². The molecule has 4 aliphatic carbocycles. The van der Waals surface area contributed by atoms with Crippen LogP contribution in [0.4, 0.5) is 0 Å². The van der Waals surface area contributed by atoms with Gasteiger partial charge in [0.15, 0.2) is 0 Å². The molecule has 9 nitrogen and oxygen atoms in total. The van der Waals surface area contributed by atoms with Crippen molar-refractivity contribution in [3.05, 3.63) is 35.4 Å². The lowest BCUT2D eigenvalue weighted by Crippen LogP contribution is -2.62. The average molecular weight is 663 g/mol. The van der Waals surface area contributed by atoms with Crippen molar-refractivity contribution in [3.63, 3.8) is 0 Å². The summed E-state index contributed by atoms with van der Waals surface area (Å²) in [5.41, 5.74) is 1.57. The Balaban J connectivity index is 1.17. The fourth-order valence-corrected chi connectivity index (χ4v) is 9.65. The summed E-state index contributed by atoms with van der Waals surface area (Å²) in [7, 11) is 2.11. The van der Waals surface area contributed by atoms with E-state index in [0.717, 1.165) is 75.6 Å². The number of rotatable bonds is 8. The van der Waals surface area contributed by atoms with E-state index in [4.69, 9.17) is 4.84 Å². The molecule has 6 fully saturated rings. The molecule has 264 valence electrons. The second-order valence-corrected chi connectivity index (χ2v) is 16.4. The Hall–Kier alpha value is -2.48. The third-order valence-corrected chi connectivity index (χ3v) is 12.9. The second-order valence-electron chi connectivity index (χ2n) is 16.4. The van der Waals surface area contributed by atoms with Crippen LogP contribution in [0.5, 0.6) is 0 Å². The minimum Gasteiger partial charge on any atom is -0.394 e. The highest BCUT2D eigenvalue weighted by Gasteiger charge is 2.57. The number of nitrogens with zero attached hydrogens (tertiary/aromatic N) is 2. The number of amides is 2. The lowest BCUT2D eigenvalue weighted by molar-refractivity contribution is -0.183. The molecule has 4 N–H and O–H groups in total. The molecule has 2 heterocycles. The number of carbonyl (C=O) groups excluding carboxylic acids is 2. The molecule has 2 aliphatic heterocycles. The first kappa shape index (κ1) is 35.3. The van der Waals surface area contributed by atoms with Gasteiger partial charge in [0.1, 0.15) is 17.7 Å². The van der Waals surface area contributed by atoms with Crippen molar-refractivity contribution >= 4 is 11.8 Å². The molecule has 7 rings (SSSR count). The topological polar surface area (TPSA) is 114 Å². The van der Waals surface area contributed by atoms with Crippen LogP contribution in [0.1, 0.15) is 96.6 Å². The summed E-state index contributed by atoms with van der Waals surface area (Å²) in [6, 6.07) is 7.30. The summed E-state index contributed by atoms with van der Waals surface area (Å²) in [5, 5.41) is 29.4. The lowest BCUT2D eigenvalue weighted by Gasteiger charge is -2.62. The highest BCUT2D eigenvalue weighted by molar-refractivity contribution is 5.83. The number of nitrogens with one attached hydrogen (secondary N) is 2. The Bertz CT molecular complexity index is 1370. The highest BCUT2D eigenvalue weighted by atomic mass is 16.7. The molecule has 2 bridgehead atoms. The van der Waals surface area contributed by atoms with Gasteiger partial charge in [0.05, 0.1) is 19.3 Å². The average Bonchev–Trinajstić information content (AvgIpc) is 3.44. The molecule has 6 aliphatic rings. The molecule has 48 heavy (non-hydrogen) atoms. The first-order chi connectivity index (χ1) is 22.9. The number of hydroxylamine groups is 2. The van der Waals surface area contributed by atoms with Crippen LogP contribution in [-0.4, -0.2) is 88.6 Å². The molecular weight excluding hydrogens is 604 g/mol. The van der Waals surface area contributed by atoms with Gasteiger partial charge in [-0.05, 0) is 106 Å². The largest absolute Gasteiger partial charge is 0.394 e. The number of aliphatic hydroxyl groups excluding tert-OH is 2. The number of hydrogen-bond acceptors (Lipinski definition) is 7. The fourth-order valence-electron chi connectivity index (χ4n) is 9.65. The van der Waals surface area contributed by atoms with Gasteiger partial charge in [0.2, 0.25) is 11.8 Å². The maximum Gasteiger partial charge on any atom is 0.240 e. The SMILES string of the molecule is C[C@@H]1[C@@H](NC(=O)[C@@H]2[C@H]([C@H](C)O)[C@H](CO)ON2Cc2cccc(C#CC3(NC(=O)C4CCN(C)CC4)CCCCC3)c2)CC2C[C@H]1C2(C)C. The van der Waals surface area contributed by atoms with E-state index in [1.807, 2.05) is 24.3 Å². The van der Waals surface area contributed by atoms with Crippen LogP contribution in [0.15, 0.2) is 24.3 Å². The predicted octanol–water partition coefficient (Wildman–Crippen LogP) is 3.86. The molecule has 8 atom stereocenters. The molecule has 0 spiro atoms. The van der Waals surface area contributed by atoms with Gasteiger partial charge in [-0.25, -0.2) is 0 Å². The van der Waals surface area contributed by atoms with Crippen LogP contribution in [0.25, 0.3) is 0 Å². The van der Waals surface area contributed by atoms with E-state index >= 15 is 0 Å². The van der Waals surface area contributed by atoms with Crippen molar-refractivity contribution in [2.45, 2.75) is 122 Å². The number of benzene rings is 1. The standard InChI is InChI=1S/C39H58N4O5/c1-25-31-21-30(38(31,3)4)22-32(25)40-37(47)35-34(26(2)45)33(24-44)48-43(35)23-28-11-9-10-27(20-28)12-17-39(15-7-6-8-16-39)41-36(46)29-13-18-42(5)19-14-29/h9-11,20,25-26,29-35,44-45H,6-8,13-16,18-19,21-24H2,1-5H3,(H,40,47)(H,41,46)/t25-,26-,30?,31+,32-,33-,34+,35-/m0/s1. The van der Waals surface area contributed by atoms with Crippen molar-refractivity contribution in [1.29, 1.82) is 0 Å². The zero-order valence-electron chi connectivity index (χ0n) is 29.7. The van der Waals surface area contributed by atoms with E-state index in [0.29, 0.717) is 29.7 Å². The normalized spacial score (nSPS) is 33.9. The lowest BCUT2D eigenvalue weighted by atomic mass is 9.45. The van der Waals surface area contributed by atoms with Gasteiger partial charge in [-0.15, -0.1) is 0 Å². The molecular formula is C39H58N4O5. The minimum atomic E-state index is -0.840. The van der Waals surface area contributed by atoms with E-state index in [1.165, 1.54) is 6.42 Å². The van der Waals surface area contributed by atoms with Gasteiger partial charge in [-0.3, -0.25) is 14.4 Å². The van der Waals surface area contributed by atoms with E-state index in [2.05, 4.69) is 55.2 Å². The van der Waals surface area contributed by atoms with Crippen LogP contribution < -0.4 is 10.6 Å². The van der Waals surface area contributed by atoms with Crippen LogP contribution in [0, 0.1) is 46.8 Å². The van der Waals surface area contributed by atoms with E-state index < -0.39 is 29.7 Å².